The monoisotopic (exact) mass is 230 g/mol. The first-order valence-electron chi connectivity index (χ1n) is 5.48. The number of carbonyl (C=O) groups is 1. The lowest BCUT2D eigenvalue weighted by Crippen LogP contribution is -2.38. The lowest BCUT2D eigenvalue weighted by molar-refractivity contribution is -0.127. The van der Waals surface area contributed by atoms with Crippen LogP contribution in [-0.2, 0) is 4.79 Å². The lowest BCUT2D eigenvalue weighted by Gasteiger charge is -2.18. The van der Waals surface area contributed by atoms with Gasteiger partial charge < -0.3 is 10.1 Å². The second-order valence-corrected chi connectivity index (χ2v) is 4.61. The van der Waals surface area contributed by atoms with Crippen LogP contribution in [0.4, 0.5) is 0 Å². The van der Waals surface area contributed by atoms with E-state index in [9.17, 15) is 4.79 Å². The van der Waals surface area contributed by atoms with Gasteiger partial charge in [0.25, 0.3) is 0 Å². The third kappa shape index (κ3) is 2.09. The molecule has 1 N–H and O–H groups in total. The molecule has 1 atom stereocenters. The smallest absolute Gasteiger partial charge is 0.240 e. The Balaban J connectivity index is 2.13. The number of para-hydroxylation sites is 1. The van der Waals surface area contributed by atoms with Gasteiger partial charge in [0.1, 0.15) is 17.8 Å². The lowest BCUT2D eigenvalue weighted by atomic mass is 9.94. The highest BCUT2D eigenvalue weighted by Crippen LogP contribution is 2.32. The molecule has 1 aliphatic rings. The summed E-state index contributed by atoms with van der Waals surface area (Å²) in [7, 11) is 0. The summed E-state index contributed by atoms with van der Waals surface area (Å²) in [6.07, 6.45) is 0. The van der Waals surface area contributed by atoms with Gasteiger partial charge in [-0.3, -0.25) is 4.79 Å². The van der Waals surface area contributed by atoms with Crippen LogP contribution in [0.2, 0.25) is 0 Å². The highest BCUT2D eigenvalue weighted by Gasteiger charge is 2.32. The number of ether oxygens (including phenoxy) is 1. The number of hydrogen-bond donors (Lipinski definition) is 1. The molecule has 0 saturated carbocycles. The molecule has 88 valence electrons. The summed E-state index contributed by atoms with van der Waals surface area (Å²) in [5.41, 5.74) is -0.0491. The normalized spacial score (nSPS) is 17.8. The Bertz CT molecular complexity index is 488. The van der Waals surface area contributed by atoms with Gasteiger partial charge in [-0.25, -0.2) is 0 Å². The van der Waals surface area contributed by atoms with Gasteiger partial charge in [0.05, 0.1) is 12.1 Å². The Hall–Kier alpha value is -2.02. The molecule has 0 spiro atoms. The summed E-state index contributed by atoms with van der Waals surface area (Å²) in [6.45, 7) is 3.63. The van der Waals surface area contributed by atoms with Crippen molar-refractivity contribution in [3.05, 3.63) is 29.8 Å². The Morgan fingerprint density at radius 2 is 2.24 bits per heavy atom. The van der Waals surface area contributed by atoms with Crippen molar-refractivity contribution >= 4 is 5.91 Å². The number of nitrogens with one attached hydrogen (secondary N) is 1. The number of carbonyl (C=O) groups excluding carboxylic acids is 1. The Morgan fingerprint density at radius 3 is 2.94 bits per heavy atom. The standard InChI is InChI=1S/C13H14N2O2/c1-13(2,8-14)12(16)15-10-7-17-11-6-4-3-5-9(10)11/h3-6,10H,7H2,1-2H3,(H,15,16). The third-order valence-electron chi connectivity index (χ3n) is 2.85. The summed E-state index contributed by atoms with van der Waals surface area (Å²) >= 11 is 0. The van der Waals surface area contributed by atoms with Crippen molar-refractivity contribution in [2.75, 3.05) is 6.61 Å². The summed E-state index contributed by atoms with van der Waals surface area (Å²) in [5.74, 6) is 0.526. The number of nitrogens with zero attached hydrogens (tertiary/aromatic N) is 1. The van der Waals surface area contributed by atoms with E-state index in [0.29, 0.717) is 6.61 Å². The molecule has 1 aromatic carbocycles. The van der Waals surface area contributed by atoms with Crippen LogP contribution >= 0.6 is 0 Å². The molecule has 0 fully saturated rings. The Morgan fingerprint density at radius 1 is 1.53 bits per heavy atom. The van der Waals surface area contributed by atoms with Crippen LogP contribution in [0.15, 0.2) is 24.3 Å². The zero-order chi connectivity index (χ0) is 12.5. The van der Waals surface area contributed by atoms with Crippen LogP contribution in [0.1, 0.15) is 25.5 Å². The van der Waals surface area contributed by atoms with E-state index in [-0.39, 0.29) is 11.9 Å². The third-order valence-corrected chi connectivity index (χ3v) is 2.85. The fourth-order valence-electron chi connectivity index (χ4n) is 1.67. The molecule has 4 nitrogen and oxygen atoms in total. The quantitative estimate of drug-likeness (QED) is 0.842. The van der Waals surface area contributed by atoms with E-state index in [1.165, 1.54) is 0 Å². The maximum absolute atomic E-state index is 11.9. The summed E-state index contributed by atoms with van der Waals surface area (Å²) < 4.78 is 5.46. The van der Waals surface area contributed by atoms with Gasteiger partial charge in [-0.1, -0.05) is 18.2 Å². The molecule has 1 unspecified atom stereocenters. The van der Waals surface area contributed by atoms with Crippen LogP contribution in [0, 0.1) is 16.7 Å². The molecule has 0 bridgehead atoms. The molecule has 0 aromatic heterocycles. The molecule has 1 heterocycles. The van der Waals surface area contributed by atoms with Gasteiger partial charge >= 0.3 is 0 Å². The predicted molar refractivity (Wildman–Crippen MR) is 62.2 cm³/mol. The molecule has 17 heavy (non-hydrogen) atoms. The van der Waals surface area contributed by atoms with Gasteiger partial charge in [-0.15, -0.1) is 0 Å². The molecule has 1 aliphatic heterocycles. The van der Waals surface area contributed by atoms with E-state index in [1.807, 2.05) is 30.3 Å². The van der Waals surface area contributed by atoms with E-state index in [1.54, 1.807) is 13.8 Å². The second-order valence-electron chi connectivity index (χ2n) is 4.61. The van der Waals surface area contributed by atoms with Crippen molar-refractivity contribution < 1.29 is 9.53 Å². The largest absolute Gasteiger partial charge is 0.491 e. The van der Waals surface area contributed by atoms with E-state index >= 15 is 0 Å². The fourth-order valence-corrected chi connectivity index (χ4v) is 1.67. The average molecular weight is 230 g/mol. The number of fused-ring (bicyclic) bond motifs is 1. The molecule has 1 aromatic rings. The van der Waals surface area contributed by atoms with Crippen molar-refractivity contribution in [1.29, 1.82) is 5.26 Å². The Labute approximate surface area is 100 Å². The van der Waals surface area contributed by atoms with Gasteiger partial charge in [0, 0.05) is 5.56 Å². The minimum absolute atomic E-state index is 0.161. The van der Waals surface area contributed by atoms with E-state index in [0.717, 1.165) is 11.3 Å². The van der Waals surface area contributed by atoms with Crippen LogP contribution in [0.5, 0.6) is 5.75 Å². The van der Waals surface area contributed by atoms with Crippen molar-refractivity contribution in [3.63, 3.8) is 0 Å². The zero-order valence-corrected chi connectivity index (χ0v) is 9.86. The predicted octanol–water partition coefficient (Wildman–Crippen LogP) is 1.79. The molecule has 1 amide bonds. The maximum atomic E-state index is 11.9. The molecule has 4 heteroatoms. The number of hydrogen-bond acceptors (Lipinski definition) is 3. The van der Waals surface area contributed by atoms with Gasteiger partial charge in [-0.05, 0) is 19.9 Å². The molecular weight excluding hydrogens is 216 g/mol. The van der Waals surface area contributed by atoms with Gasteiger partial charge in [0.15, 0.2) is 0 Å². The number of rotatable bonds is 2. The highest BCUT2D eigenvalue weighted by atomic mass is 16.5. The Kier molecular flexibility index (Phi) is 2.76. The van der Waals surface area contributed by atoms with Crippen molar-refractivity contribution in [3.8, 4) is 11.8 Å². The topological polar surface area (TPSA) is 62.1 Å². The summed E-state index contributed by atoms with van der Waals surface area (Å²) in [5, 5.41) is 11.7. The van der Waals surface area contributed by atoms with Crippen molar-refractivity contribution in [2.45, 2.75) is 19.9 Å². The van der Waals surface area contributed by atoms with E-state index < -0.39 is 5.41 Å². The summed E-state index contributed by atoms with van der Waals surface area (Å²) in [4.78, 5) is 11.9. The first kappa shape index (κ1) is 11.5. The highest BCUT2D eigenvalue weighted by molar-refractivity contribution is 5.85. The summed E-state index contributed by atoms with van der Waals surface area (Å²) in [6, 6.07) is 9.42. The number of amides is 1. The number of benzene rings is 1. The van der Waals surface area contributed by atoms with Crippen molar-refractivity contribution in [2.24, 2.45) is 5.41 Å². The molecule has 0 aliphatic carbocycles. The first-order chi connectivity index (χ1) is 8.04. The first-order valence-corrected chi connectivity index (χ1v) is 5.48. The minimum atomic E-state index is -1.02. The van der Waals surface area contributed by atoms with Crippen LogP contribution in [-0.4, -0.2) is 12.5 Å². The maximum Gasteiger partial charge on any atom is 0.240 e. The number of nitriles is 1. The molecule has 2 rings (SSSR count). The molecule has 0 radical (unpaired) electrons. The van der Waals surface area contributed by atoms with Crippen molar-refractivity contribution in [1.82, 2.24) is 5.32 Å². The minimum Gasteiger partial charge on any atom is -0.491 e. The van der Waals surface area contributed by atoms with E-state index in [4.69, 9.17) is 10.00 Å². The molecular formula is C13H14N2O2. The molecule has 0 saturated heterocycles. The fraction of sp³-hybridized carbons (Fsp3) is 0.385. The van der Waals surface area contributed by atoms with E-state index in [2.05, 4.69) is 5.32 Å². The average Bonchev–Trinajstić information content (AvgIpc) is 2.73. The zero-order valence-electron chi connectivity index (χ0n) is 9.86. The van der Waals surface area contributed by atoms with Crippen LogP contribution in [0.3, 0.4) is 0 Å². The van der Waals surface area contributed by atoms with Gasteiger partial charge in [-0.2, -0.15) is 5.26 Å². The van der Waals surface area contributed by atoms with Gasteiger partial charge in [0.2, 0.25) is 5.91 Å². The van der Waals surface area contributed by atoms with Crippen LogP contribution < -0.4 is 10.1 Å². The SMILES string of the molecule is CC(C)(C#N)C(=O)NC1COc2ccccc21. The van der Waals surface area contributed by atoms with Crippen LogP contribution in [0.25, 0.3) is 0 Å². The second kappa shape index (κ2) is 4.10.